The fourth-order valence-electron chi connectivity index (χ4n) is 3.59. The molecule has 4 rings (SSSR count). The number of hydrogen-bond acceptors (Lipinski definition) is 5. The van der Waals surface area contributed by atoms with E-state index in [0.717, 1.165) is 45.6 Å². The molecule has 0 radical (unpaired) electrons. The maximum absolute atomic E-state index is 13.0. The van der Waals surface area contributed by atoms with Gasteiger partial charge in [-0.2, -0.15) is 0 Å². The summed E-state index contributed by atoms with van der Waals surface area (Å²) in [6, 6.07) is 12.6. The van der Waals surface area contributed by atoms with E-state index >= 15 is 0 Å². The van der Waals surface area contributed by atoms with Gasteiger partial charge in [-0.25, -0.2) is 4.98 Å². The summed E-state index contributed by atoms with van der Waals surface area (Å²) >= 11 is 4.92. The van der Waals surface area contributed by atoms with Gasteiger partial charge in [-0.3, -0.25) is 14.9 Å². The largest absolute Gasteiger partial charge is 0.497 e. The van der Waals surface area contributed by atoms with Gasteiger partial charge >= 0.3 is 0 Å². The normalized spacial score (nSPS) is 15.1. The topological polar surface area (TPSA) is 80.3 Å². The molecule has 0 saturated heterocycles. The average molecular weight is 500 g/mol. The highest BCUT2D eigenvalue weighted by Gasteiger charge is 2.30. The second-order valence-corrected chi connectivity index (χ2v) is 9.35. The van der Waals surface area contributed by atoms with E-state index in [1.54, 1.807) is 31.4 Å². The SMILES string of the molecule is COc1ccc(C(=O)Nc2nc3c(s2)CCCC3C(=O)Nc2ccc(Br)c(C)c2)cc1. The summed E-state index contributed by atoms with van der Waals surface area (Å²) in [6.07, 6.45) is 2.52. The zero-order valence-corrected chi connectivity index (χ0v) is 19.6. The number of aromatic nitrogens is 1. The minimum absolute atomic E-state index is 0.0685. The molecule has 31 heavy (non-hydrogen) atoms. The number of nitrogens with one attached hydrogen (secondary N) is 2. The number of carbonyl (C=O) groups is 2. The van der Waals surface area contributed by atoms with Gasteiger partial charge in [-0.05, 0) is 74.2 Å². The number of benzene rings is 2. The van der Waals surface area contributed by atoms with Crippen LogP contribution in [0.2, 0.25) is 0 Å². The summed E-state index contributed by atoms with van der Waals surface area (Å²) in [4.78, 5) is 31.2. The lowest BCUT2D eigenvalue weighted by Crippen LogP contribution is -2.24. The lowest BCUT2D eigenvalue weighted by molar-refractivity contribution is -0.117. The molecule has 6 nitrogen and oxygen atoms in total. The van der Waals surface area contributed by atoms with E-state index in [4.69, 9.17) is 4.74 Å². The molecule has 2 N–H and O–H groups in total. The van der Waals surface area contributed by atoms with Gasteiger partial charge in [-0.15, -0.1) is 11.3 Å². The molecule has 0 bridgehead atoms. The summed E-state index contributed by atoms with van der Waals surface area (Å²) in [5.74, 6) is 0.0627. The molecular weight excluding hydrogens is 478 g/mol. The van der Waals surface area contributed by atoms with Crippen molar-refractivity contribution in [1.29, 1.82) is 0 Å². The van der Waals surface area contributed by atoms with Gasteiger partial charge in [0.1, 0.15) is 5.75 Å². The molecule has 1 unspecified atom stereocenters. The Morgan fingerprint density at radius 2 is 1.94 bits per heavy atom. The van der Waals surface area contributed by atoms with Gasteiger partial charge in [-0.1, -0.05) is 15.9 Å². The molecule has 1 atom stereocenters. The second kappa shape index (κ2) is 9.20. The first-order valence-electron chi connectivity index (χ1n) is 9.96. The van der Waals surface area contributed by atoms with Crippen LogP contribution in [0.5, 0.6) is 5.75 Å². The Morgan fingerprint density at radius 3 is 2.65 bits per heavy atom. The average Bonchev–Trinajstić information content (AvgIpc) is 3.18. The summed E-state index contributed by atoms with van der Waals surface area (Å²) in [5, 5.41) is 6.40. The fourth-order valence-corrected chi connectivity index (χ4v) is 4.90. The molecule has 1 heterocycles. The molecule has 2 aromatic carbocycles. The van der Waals surface area contributed by atoms with E-state index in [9.17, 15) is 9.59 Å². The minimum Gasteiger partial charge on any atom is -0.497 e. The fraction of sp³-hybridized carbons (Fsp3) is 0.261. The highest BCUT2D eigenvalue weighted by atomic mass is 79.9. The number of fused-ring (bicyclic) bond motifs is 1. The van der Waals surface area contributed by atoms with Gasteiger partial charge in [0, 0.05) is 20.6 Å². The lowest BCUT2D eigenvalue weighted by atomic mass is 9.90. The van der Waals surface area contributed by atoms with Crippen molar-refractivity contribution in [1.82, 2.24) is 4.98 Å². The van der Waals surface area contributed by atoms with Crippen LogP contribution in [0.3, 0.4) is 0 Å². The maximum Gasteiger partial charge on any atom is 0.257 e. The van der Waals surface area contributed by atoms with Crippen LogP contribution in [0.15, 0.2) is 46.9 Å². The molecule has 1 aromatic heterocycles. The van der Waals surface area contributed by atoms with E-state index in [2.05, 4.69) is 31.5 Å². The van der Waals surface area contributed by atoms with Gasteiger partial charge in [0.15, 0.2) is 5.13 Å². The van der Waals surface area contributed by atoms with Crippen molar-refractivity contribution < 1.29 is 14.3 Å². The predicted octanol–water partition coefficient (Wildman–Crippen LogP) is 5.53. The van der Waals surface area contributed by atoms with E-state index in [1.807, 2.05) is 25.1 Å². The van der Waals surface area contributed by atoms with E-state index in [0.29, 0.717) is 16.4 Å². The van der Waals surface area contributed by atoms with Crippen LogP contribution in [0, 0.1) is 6.92 Å². The number of nitrogens with zero attached hydrogens (tertiary/aromatic N) is 1. The Bertz CT molecular complexity index is 1130. The van der Waals surface area contributed by atoms with Gasteiger partial charge in [0.05, 0.1) is 18.7 Å². The molecule has 160 valence electrons. The standard InChI is InChI=1S/C23H22BrN3O3S/c1-13-12-15(8-11-18(13)24)25-22(29)17-4-3-5-19-20(17)26-23(31-19)27-21(28)14-6-9-16(30-2)10-7-14/h6-12,17H,3-5H2,1-2H3,(H,25,29)(H,26,27,28). The lowest BCUT2D eigenvalue weighted by Gasteiger charge is -2.20. The van der Waals surface area contributed by atoms with Crippen molar-refractivity contribution in [2.45, 2.75) is 32.1 Å². The molecule has 8 heteroatoms. The Hall–Kier alpha value is -2.71. The summed E-state index contributed by atoms with van der Waals surface area (Å²) in [5.41, 5.74) is 3.11. The summed E-state index contributed by atoms with van der Waals surface area (Å²) < 4.78 is 6.13. The number of amides is 2. The van der Waals surface area contributed by atoms with Crippen LogP contribution in [0.1, 0.15) is 45.3 Å². The number of methoxy groups -OCH3 is 1. The number of ether oxygens (including phenoxy) is 1. The van der Waals surface area contributed by atoms with Crippen LogP contribution in [0.4, 0.5) is 10.8 Å². The molecule has 1 aliphatic rings. The number of carbonyl (C=O) groups excluding carboxylic acids is 2. The quantitative estimate of drug-likeness (QED) is 0.483. The van der Waals surface area contributed by atoms with E-state index < -0.39 is 0 Å². The Kier molecular flexibility index (Phi) is 6.38. The first-order valence-corrected chi connectivity index (χ1v) is 11.6. The summed E-state index contributed by atoms with van der Waals surface area (Å²) in [6.45, 7) is 1.98. The number of halogens is 1. The molecule has 3 aromatic rings. The Labute approximate surface area is 193 Å². The molecular formula is C23H22BrN3O3S. The molecule has 1 aliphatic carbocycles. The third kappa shape index (κ3) is 4.80. The number of thiazole rings is 1. The van der Waals surface area contributed by atoms with E-state index in [-0.39, 0.29) is 17.7 Å². The van der Waals surface area contributed by atoms with Crippen LogP contribution in [0.25, 0.3) is 0 Å². The van der Waals surface area contributed by atoms with E-state index in [1.165, 1.54) is 11.3 Å². The third-order valence-corrected chi connectivity index (χ3v) is 7.21. The third-order valence-electron chi connectivity index (χ3n) is 5.27. The van der Waals surface area contributed by atoms with Crippen LogP contribution in [-0.4, -0.2) is 23.9 Å². The maximum atomic E-state index is 13.0. The zero-order chi connectivity index (χ0) is 22.0. The van der Waals surface area contributed by atoms with Crippen LogP contribution >= 0.6 is 27.3 Å². The van der Waals surface area contributed by atoms with Crippen molar-refractivity contribution in [2.75, 3.05) is 17.7 Å². The Balaban J connectivity index is 1.49. The first-order chi connectivity index (χ1) is 14.9. The highest BCUT2D eigenvalue weighted by Crippen LogP contribution is 2.37. The molecule has 0 aliphatic heterocycles. The minimum atomic E-state index is -0.324. The monoisotopic (exact) mass is 499 g/mol. The second-order valence-electron chi connectivity index (χ2n) is 7.41. The van der Waals surface area contributed by atoms with Gasteiger partial charge in [0.25, 0.3) is 5.91 Å². The highest BCUT2D eigenvalue weighted by molar-refractivity contribution is 9.10. The van der Waals surface area contributed by atoms with Crippen molar-refractivity contribution in [3.05, 3.63) is 68.6 Å². The predicted molar refractivity (Wildman–Crippen MR) is 126 cm³/mol. The zero-order valence-electron chi connectivity index (χ0n) is 17.2. The number of hydrogen-bond donors (Lipinski definition) is 2. The van der Waals surface area contributed by atoms with Gasteiger partial charge in [0.2, 0.25) is 5.91 Å². The Morgan fingerprint density at radius 1 is 1.16 bits per heavy atom. The number of anilines is 2. The van der Waals surface area contributed by atoms with Crippen molar-refractivity contribution in [3.63, 3.8) is 0 Å². The summed E-state index contributed by atoms with van der Waals surface area (Å²) in [7, 11) is 1.58. The van der Waals surface area contributed by atoms with Crippen LogP contribution in [-0.2, 0) is 11.2 Å². The van der Waals surface area contributed by atoms with Crippen molar-refractivity contribution >= 4 is 49.9 Å². The first kappa shape index (κ1) is 21.5. The van der Waals surface area contributed by atoms with Gasteiger partial charge < -0.3 is 10.1 Å². The van der Waals surface area contributed by atoms with Crippen LogP contribution < -0.4 is 15.4 Å². The number of aryl methyl sites for hydroxylation is 2. The molecule has 0 fully saturated rings. The molecule has 0 spiro atoms. The number of rotatable bonds is 5. The van der Waals surface area contributed by atoms with Crippen molar-refractivity contribution in [3.8, 4) is 5.75 Å². The molecule has 2 amide bonds. The molecule has 0 saturated carbocycles. The smallest absolute Gasteiger partial charge is 0.257 e. The van der Waals surface area contributed by atoms with Crippen molar-refractivity contribution in [2.24, 2.45) is 0 Å².